The molecule has 0 spiro atoms. The van der Waals surface area contributed by atoms with Gasteiger partial charge in [-0.3, -0.25) is 9.59 Å². The lowest BCUT2D eigenvalue weighted by Crippen LogP contribution is -2.30. The predicted molar refractivity (Wildman–Crippen MR) is 235 cm³/mol. The molecule has 1 rings (SSSR count). The van der Waals surface area contributed by atoms with E-state index in [1.54, 1.807) is 0 Å². The van der Waals surface area contributed by atoms with Crippen LogP contribution in [0, 0.1) is 17.8 Å². The monoisotopic (exact) mass is 778 g/mol. The second kappa shape index (κ2) is 38.4. The molecule has 1 heterocycles. The van der Waals surface area contributed by atoms with Crippen LogP contribution in [-0.4, -0.2) is 60.9 Å². The highest BCUT2D eigenvalue weighted by atomic mass is 16.5. The molecular weight excluding hydrogens is 683 g/mol. The minimum absolute atomic E-state index is 0.0592. The zero-order valence-corrected chi connectivity index (χ0v) is 37.4. The van der Waals surface area contributed by atoms with Gasteiger partial charge in [-0.1, -0.05) is 169 Å². The number of aliphatic hydroxyl groups is 1. The molecule has 0 bridgehead atoms. The molecule has 1 N–H and O–H groups in total. The molecule has 0 aromatic carbocycles. The molecule has 0 aliphatic carbocycles. The first-order chi connectivity index (χ1) is 27.0. The number of likely N-dealkylation sites (tertiary alicyclic amines) is 1. The summed E-state index contributed by atoms with van der Waals surface area (Å²) >= 11 is 0. The van der Waals surface area contributed by atoms with Gasteiger partial charge in [0, 0.05) is 19.2 Å². The van der Waals surface area contributed by atoms with E-state index in [-0.39, 0.29) is 30.4 Å². The Morgan fingerprint density at radius 3 is 1.38 bits per heavy atom. The van der Waals surface area contributed by atoms with Crippen LogP contribution in [-0.2, 0) is 19.1 Å². The lowest BCUT2D eigenvalue weighted by molar-refractivity contribution is -0.150. The number of aliphatic hydroxyl groups excluding tert-OH is 1. The van der Waals surface area contributed by atoms with Gasteiger partial charge in [-0.15, -0.1) is 0 Å². The lowest BCUT2D eigenvalue weighted by atomic mass is 9.94. The van der Waals surface area contributed by atoms with Crippen LogP contribution < -0.4 is 0 Å². The van der Waals surface area contributed by atoms with E-state index < -0.39 is 0 Å². The van der Waals surface area contributed by atoms with Crippen molar-refractivity contribution in [3.8, 4) is 0 Å². The number of carbonyl (C=O) groups excluding carboxylic acids is 2. The van der Waals surface area contributed by atoms with Crippen LogP contribution in [0.3, 0.4) is 0 Å². The van der Waals surface area contributed by atoms with Crippen LogP contribution in [0.2, 0.25) is 0 Å². The van der Waals surface area contributed by atoms with Gasteiger partial charge in [-0.25, -0.2) is 0 Å². The molecule has 55 heavy (non-hydrogen) atoms. The molecule has 4 unspecified atom stereocenters. The predicted octanol–water partition coefficient (Wildman–Crippen LogP) is 13.9. The van der Waals surface area contributed by atoms with E-state index in [0.29, 0.717) is 25.2 Å². The molecule has 0 aromatic heterocycles. The van der Waals surface area contributed by atoms with Crippen molar-refractivity contribution in [3.63, 3.8) is 0 Å². The number of carbonyl (C=O) groups is 2. The summed E-state index contributed by atoms with van der Waals surface area (Å²) in [7, 11) is 0. The SMILES string of the molecule is CCCCCCCCC(CCCCCC)C(=O)OCCCCCC1CC(CCCCOC(=O)C(CCCCCC)CCCCCCCC)CN1CCCCO. The summed E-state index contributed by atoms with van der Waals surface area (Å²) in [6.45, 7) is 12.7. The normalized spacial score (nSPS) is 17.1. The number of hydrogen-bond donors (Lipinski definition) is 1. The topological polar surface area (TPSA) is 76.1 Å². The Labute approximate surface area is 342 Å². The quantitative estimate of drug-likeness (QED) is 0.0492. The summed E-state index contributed by atoms with van der Waals surface area (Å²) in [4.78, 5) is 28.9. The van der Waals surface area contributed by atoms with Gasteiger partial charge in [0.15, 0.2) is 0 Å². The first-order valence-corrected chi connectivity index (χ1v) is 24.7. The first kappa shape index (κ1) is 51.9. The molecule has 0 radical (unpaired) electrons. The largest absolute Gasteiger partial charge is 0.465 e. The Morgan fingerprint density at radius 2 is 0.909 bits per heavy atom. The minimum atomic E-state index is 0.0592. The Morgan fingerprint density at radius 1 is 0.509 bits per heavy atom. The molecule has 0 aromatic rings. The van der Waals surface area contributed by atoms with Gasteiger partial charge >= 0.3 is 11.9 Å². The van der Waals surface area contributed by atoms with E-state index in [0.717, 1.165) is 103 Å². The average Bonchev–Trinajstić information content (AvgIpc) is 3.58. The van der Waals surface area contributed by atoms with E-state index in [2.05, 4.69) is 32.6 Å². The van der Waals surface area contributed by atoms with Crippen molar-refractivity contribution in [2.24, 2.45) is 17.8 Å². The number of nitrogens with zero attached hydrogens (tertiary/aromatic N) is 1. The van der Waals surface area contributed by atoms with E-state index in [9.17, 15) is 14.7 Å². The maximum absolute atomic E-state index is 13.1. The molecule has 1 aliphatic rings. The van der Waals surface area contributed by atoms with Crippen molar-refractivity contribution in [2.45, 2.75) is 252 Å². The third kappa shape index (κ3) is 28.8. The zero-order chi connectivity index (χ0) is 40.0. The second-order valence-electron chi connectivity index (χ2n) is 17.6. The Hall–Kier alpha value is -1.14. The molecule has 1 saturated heterocycles. The number of unbranched alkanes of at least 4 members (excludes halogenated alkanes) is 20. The molecular formula is C49H95NO5. The van der Waals surface area contributed by atoms with E-state index in [1.165, 1.54) is 128 Å². The van der Waals surface area contributed by atoms with Gasteiger partial charge in [0.2, 0.25) is 0 Å². The lowest BCUT2D eigenvalue weighted by Gasteiger charge is -2.24. The van der Waals surface area contributed by atoms with Crippen molar-refractivity contribution in [3.05, 3.63) is 0 Å². The van der Waals surface area contributed by atoms with Gasteiger partial charge in [-0.2, -0.15) is 0 Å². The number of ether oxygens (including phenoxy) is 2. The molecule has 326 valence electrons. The van der Waals surface area contributed by atoms with Gasteiger partial charge in [0.25, 0.3) is 0 Å². The molecule has 4 atom stereocenters. The van der Waals surface area contributed by atoms with Crippen molar-refractivity contribution >= 4 is 11.9 Å². The smallest absolute Gasteiger partial charge is 0.308 e. The fourth-order valence-electron chi connectivity index (χ4n) is 8.81. The Bertz CT molecular complexity index is 851. The second-order valence-corrected chi connectivity index (χ2v) is 17.6. The standard InChI is InChI=1S/C49H95NO5/c1-5-9-13-17-19-24-35-45(33-22-15-11-7-3)48(52)54-40-30-21-26-37-47-42-44(43-50(47)38-28-29-39-51)32-27-31-41-55-49(53)46(34-23-16-12-8-4)36-25-20-18-14-10-6-2/h44-47,51H,5-43H2,1-4H3. The Kier molecular flexibility index (Phi) is 36.2. The maximum Gasteiger partial charge on any atom is 0.308 e. The van der Waals surface area contributed by atoms with Crippen LogP contribution in [0.15, 0.2) is 0 Å². The van der Waals surface area contributed by atoms with Crippen molar-refractivity contribution in [2.75, 3.05) is 32.9 Å². The summed E-state index contributed by atoms with van der Waals surface area (Å²) < 4.78 is 11.8. The summed E-state index contributed by atoms with van der Waals surface area (Å²) in [6.07, 6.45) is 39.9. The van der Waals surface area contributed by atoms with Gasteiger partial charge in [0.1, 0.15) is 0 Å². The molecule has 1 aliphatic heterocycles. The number of hydrogen-bond acceptors (Lipinski definition) is 6. The van der Waals surface area contributed by atoms with Crippen LogP contribution in [0.25, 0.3) is 0 Å². The van der Waals surface area contributed by atoms with Crippen LogP contribution >= 0.6 is 0 Å². The molecule has 0 saturated carbocycles. The van der Waals surface area contributed by atoms with Crippen molar-refractivity contribution in [1.82, 2.24) is 4.90 Å². The minimum Gasteiger partial charge on any atom is -0.465 e. The fourth-order valence-corrected chi connectivity index (χ4v) is 8.81. The fraction of sp³-hybridized carbons (Fsp3) is 0.959. The number of esters is 2. The highest BCUT2D eigenvalue weighted by Crippen LogP contribution is 2.31. The molecule has 6 nitrogen and oxygen atoms in total. The first-order valence-electron chi connectivity index (χ1n) is 24.7. The number of rotatable bonds is 41. The van der Waals surface area contributed by atoms with Crippen molar-refractivity contribution < 1.29 is 24.2 Å². The van der Waals surface area contributed by atoms with E-state index in [4.69, 9.17) is 9.47 Å². The van der Waals surface area contributed by atoms with Gasteiger partial charge in [-0.05, 0) is 89.5 Å². The molecule has 0 amide bonds. The van der Waals surface area contributed by atoms with Gasteiger partial charge in [0.05, 0.1) is 25.0 Å². The molecule has 1 fully saturated rings. The van der Waals surface area contributed by atoms with Crippen LogP contribution in [0.1, 0.15) is 246 Å². The highest BCUT2D eigenvalue weighted by molar-refractivity contribution is 5.72. The van der Waals surface area contributed by atoms with Crippen LogP contribution in [0.4, 0.5) is 0 Å². The van der Waals surface area contributed by atoms with Crippen LogP contribution in [0.5, 0.6) is 0 Å². The summed E-state index contributed by atoms with van der Waals surface area (Å²) in [5.41, 5.74) is 0. The van der Waals surface area contributed by atoms with E-state index >= 15 is 0 Å². The molecule has 6 heteroatoms. The summed E-state index contributed by atoms with van der Waals surface area (Å²) in [5, 5.41) is 9.40. The summed E-state index contributed by atoms with van der Waals surface area (Å²) in [6, 6.07) is 0.615. The highest BCUT2D eigenvalue weighted by Gasteiger charge is 2.31. The maximum atomic E-state index is 13.1. The van der Waals surface area contributed by atoms with Gasteiger partial charge < -0.3 is 19.5 Å². The average molecular weight is 778 g/mol. The van der Waals surface area contributed by atoms with Crippen molar-refractivity contribution in [1.29, 1.82) is 0 Å². The Balaban J connectivity index is 2.42. The van der Waals surface area contributed by atoms with E-state index in [1.807, 2.05) is 0 Å². The third-order valence-electron chi connectivity index (χ3n) is 12.4. The third-order valence-corrected chi connectivity index (χ3v) is 12.4. The summed E-state index contributed by atoms with van der Waals surface area (Å²) in [5.74, 6) is 1.00. The zero-order valence-electron chi connectivity index (χ0n) is 37.4.